The zero-order valence-corrected chi connectivity index (χ0v) is 14.6. The van der Waals surface area contributed by atoms with Gasteiger partial charge in [-0.05, 0) is 17.2 Å². The first-order chi connectivity index (χ1) is 12.3. The van der Waals surface area contributed by atoms with Gasteiger partial charge in [-0.15, -0.1) is 0 Å². The number of rotatable bonds is 7. The van der Waals surface area contributed by atoms with Crippen molar-refractivity contribution in [3.8, 4) is 11.5 Å². The highest BCUT2D eigenvalue weighted by Crippen LogP contribution is 2.27. The minimum Gasteiger partial charge on any atom is -0.497 e. The topological polar surface area (TPSA) is 30.5 Å². The average Bonchev–Trinajstić information content (AvgIpc) is 2.70. The molecule has 3 nitrogen and oxygen atoms in total. The quantitative estimate of drug-likeness (QED) is 0.686. The van der Waals surface area contributed by atoms with E-state index in [1.165, 1.54) is 11.1 Å². The van der Waals surface area contributed by atoms with Gasteiger partial charge in [0.1, 0.15) is 11.5 Å². The van der Waals surface area contributed by atoms with Gasteiger partial charge >= 0.3 is 0 Å². The number of nitrogens with one attached hydrogen (secondary N) is 1. The maximum atomic E-state index is 5.51. The molecule has 0 bridgehead atoms. The van der Waals surface area contributed by atoms with Gasteiger partial charge in [-0.1, -0.05) is 66.7 Å². The van der Waals surface area contributed by atoms with Crippen LogP contribution >= 0.6 is 0 Å². The van der Waals surface area contributed by atoms with Crippen molar-refractivity contribution in [1.82, 2.24) is 5.32 Å². The van der Waals surface area contributed by atoms with Gasteiger partial charge in [-0.2, -0.15) is 0 Å². The van der Waals surface area contributed by atoms with E-state index in [1.54, 1.807) is 14.2 Å². The largest absolute Gasteiger partial charge is 0.497 e. The highest BCUT2D eigenvalue weighted by molar-refractivity contribution is 5.41. The molecule has 0 radical (unpaired) electrons. The van der Waals surface area contributed by atoms with E-state index in [4.69, 9.17) is 9.47 Å². The van der Waals surface area contributed by atoms with Crippen LogP contribution in [-0.4, -0.2) is 14.2 Å². The van der Waals surface area contributed by atoms with Gasteiger partial charge in [-0.3, -0.25) is 0 Å². The first-order valence-electron chi connectivity index (χ1n) is 8.36. The molecule has 3 rings (SSSR count). The Hall–Kier alpha value is -2.78. The first kappa shape index (κ1) is 17.1. The molecule has 0 aromatic heterocycles. The van der Waals surface area contributed by atoms with E-state index in [9.17, 15) is 0 Å². The van der Waals surface area contributed by atoms with Gasteiger partial charge in [0.2, 0.25) is 0 Å². The van der Waals surface area contributed by atoms with Crippen LogP contribution in [0.5, 0.6) is 11.5 Å². The van der Waals surface area contributed by atoms with E-state index in [0.29, 0.717) is 6.54 Å². The monoisotopic (exact) mass is 333 g/mol. The number of ether oxygens (including phenoxy) is 2. The molecule has 1 N–H and O–H groups in total. The summed E-state index contributed by atoms with van der Waals surface area (Å²) in [5.74, 6) is 1.62. The Bertz CT molecular complexity index is 748. The van der Waals surface area contributed by atoms with E-state index < -0.39 is 0 Å². The third-order valence-electron chi connectivity index (χ3n) is 4.26. The average molecular weight is 333 g/mol. The number of hydrogen-bond donors (Lipinski definition) is 1. The summed E-state index contributed by atoms with van der Waals surface area (Å²) in [6, 6.07) is 27.0. The standard InChI is InChI=1S/C22H23NO2/c1-24-20-14-13-19(21(15-20)25-2)16-23-22(17-9-5-3-6-10-17)18-11-7-4-8-12-18/h3-15,22-23H,16H2,1-2H3. The Kier molecular flexibility index (Phi) is 5.70. The Balaban J connectivity index is 1.85. The van der Waals surface area contributed by atoms with Gasteiger partial charge in [0.05, 0.1) is 20.3 Å². The van der Waals surface area contributed by atoms with Crippen molar-refractivity contribution in [2.45, 2.75) is 12.6 Å². The first-order valence-corrected chi connectivity index (χ1v) is 8.36. The molecule has 128 valence electrons. The molecule has 0 aliphatic heterocycles. The predicted molar refractivity (Wildman–Crippen MR) is 101 cm³/mol. The summed E-state index contributed by atoms with van der Waals surface area (Å²) in [7, 11) is 3.34. The van der Waals surface area contributed by atoms with Crippen LogP contribution in [0.25, 0.3) is 0 Å². The highest BCUT2D eigenvalue weighted by atomic mass is 16.5. The van der Waals surface area contributed by atoms with Crippen LogP contribution in [0.1, 0.15) is 22.7 Å². The fourth-order valence-corrected chi connectivity index (χ4v) is 2.93. The van der Waals surface area contributed by atoms with Crippen LogP contribution in [0, 0.1) is 0 Å². The molecule has 0 fully saturated rings. The lowest BCUT2D eigenvalue weighted by molar-refractivity contribution is 0.389. The lowest BCUT2D eigenvalue weighted by Crippen LogP contribution is -2.22. The lowest BCUT2D eigenvalue weighted by atomic mass is 9.98. The molecule has 0 atom stereocenters. The molecule has 3 aromatic rings. The molecule has 0 aliphatic rings. The third kappa shape index (κ3) is 4.20. The van der Waals surface area contributed by atoms with Crippen LogP contribution < -0.4 is 14.8 Å². The van der Waals surface area contributed by atoms with Crippen molar-refractivity contribution in [3.05, 3.63) is 95.6 Å². The molecule has 0 aliphatic carbocycles. The van der Waals surface area contributed by atoms with Crippen molar-refractivity contribution < 1.29 is 9.47 Å². The van der Waals surface area contributed by atoms with Gasteiger partial charge < -0.3 is 14.8 Å². The number of benzene rings is 3. The molecule has 0 heterocycles. The summed E-state index contributed by atoms with van der Waals surface area (Å²) in [5, 5.41) is 3.66. The molecule has 3 heteroatoms. The molecule has 0 amide bonds. The second-order valence-electron chi connectivity index (χ2n) is 5.81. The smallest absolute Gasteiger partial charge is 0.127 e. The van der Waals surface area contributed by atoms with E-state index in [-0.39, 0.29) is 6.04 Å². The normalized spacial score (nSPS) is 10.7. The van der Waals surface area contributed by atoms with Gasteiger partial charge in [0.15, 0.2) is 0 Å². The third-order valence-corrected chi connectivity index (χ3v) is 4.26. The van der Waals surface area contributed by atoms with Crippen molar-refractivity contribution in [2.24, 2.45) is 0 Å². The van der Waals surface area contributed by atoms with Crippen molar-refractivity contribution in [3.63, 3.8) is 0 Å². The second kappa shape index (κ2) is 8.36. The Morgan fingerprint density at radius 3 is 1.88 bits per heavy atom. The minimum atomic E-state index is 0.120. The molecular formula is C22H23NO2. The summed E-state index contributed by atoms with van der Waals surface area (Å²) < 4.78 is 10.8. The van der Waals surface area contributed by atoms with Crippen LogP contribution in [0.15, 0.2) is 78.9 Å². The van der Waals surface area contributed by atoms with Crippen LogP contribution in [0.2, 0.25) is 0 Å². The maximum Gasteiger partial charge on any atom is 0.127 e. The molecule has 25 heavy (non-hydrogen) atoms. The van der Waals surface area contributed by atoms with Gasteiger partial charge in [0.25, 0.3) is 0 Å². The second-order valence-corrected chi connectivity index (χ2v) is 5.81. The number of methoxy groups -OCH3 is 2. The summed E-state index contributed by atoms with van der Waals surface area (Å²) in [4.78, 5) is 0. The molecule has 0 saturated heterocycles. The van der Waals surface area contributed by atoms with Crippen LogP contribution in [-0.2, 0) is 6.54 Å². The van der Waals surface area contributed by atoms with Crippen LogP contribution in [0.4, 0.5) is 0 Å². The number of hydrogen-bond acceptors (Lipinski definition) is 3. The lowest BCUT2D eigenvalue weighted by Gasteiger charge is -2.21. The fourth-order valence-electron chi connectivity index (χ4n) is 2.93. The van der Waals surface area contributed by atoms with E-state index in [1.807, 2.05) is 30.3 Å². The van der Waals surface area contributed by atoms with E-state index in [0.717, 1.165) is 17.1 Å². The molecule has 3 aromatic carbocycles. The Morgan fingerprint density at radius 1 is 0.760 bits per heavy atom. The summed E-state index contributed by atoms with van der Waals surface area (Å²) in [6.07, 6.45) is 0. The van der Waals surface area contributed by atoms with Gasteiger partial charge in [-0.25, -0.2) is 0 Å². The maximum absolute atomic E-state index is 5.51. The van der Waals surface area contributed by atoms with Crippen molar-refractivity contribution >= 4 is 0 Å². The van der Waals surface area contributed by atoms with E-state index >= 15 is 0 Å². The molecule has 0 unspecified atom stereocenters. The van der Waals surface area contributed by atoms with Crippen LogP contribution in [0.3, 0.4) is 0 Å². The molecule has 0 saturated carbocycles. The summed E-state index contributed by atoms with van der Waals surface area (Å²) >= 11 is 0. The molecule has 0 spiro atoms. The molecular weight excluding hydrogens is 310 g/mol. The minimum absolute atomic E-state index is 0.120. The van der Waals surface area contributed by atoms with E-state index in [2.05, 4.69) is 53.8 Å². The SMILES string of the molecule is COc1ccc(CNC(c2ccccc2)c2ccccc2)c(OC)c1. The summed E-state index contributed by atoms with van der Waals surface area (Å²) in [5.41, 5.74) is 3.57. The summed E-state index contributed by atoms with van der Waals surface area (Å²) in [6.45, 7) is 0.696. The van der Waals surface area contributed by atoms with Crippen molar-refractivity contribution in [2.75, 3.05) is 14.2 Å². The zero-order valence-electron chi connectivity index (χ0n) is 14.6. The fraction of sp³-hybridized carbons (Fsp3) is 0.182. The Labute approximate surface area is 149 Å². The van der Waals surface area contributed by atoms with Gasteiger partial charge in [0, 0.05) is 18.2 Å². The predicted octanol–water partition coefficient (Wildman–Crippen LogP) is 4.58. The zero-order chi connectivity index (χ0) is 17.5. The Morgan fingerprint density at radius 2 is 1.36 bits per heavy atom. The van der Waals surface area contributed by atoms with Crippen molar-refractivity contribution in [1.29, 1.82) is 0 Å². The highest BCUT2D eigenvalue weighted by Gasteiger charge is 2.14.